The molecule has 25 heavy (non-hydrogen) atoms. The number of hydrogen-bond acceptors (Lipinski definition) is 2. The zero-order valence-electron chi connectivity index (χ0n) is 13.9. The minimum absolute atomic E-state index is 0. The highest BCUT2D eigenvalue weighted by Gasteiger charge is 2.46. The van der Waals surface area contributed by atoms with Gasteiger partial charge in [0.05, 0.1) is 0 Å². The Labute approximate surface area is 158 Å². The van der Waals surface area contributed by atoms with Crippen LogP contribution < -0.4 is 10.6 Å². The summed E-state index contributed by atoms with van der Waals surface area (Å²) in [6.45, 7) is 3.59. The fourth-order valence-electron chi connectivity index (χ4n) is 2.95. The Morgan fingerprint density at radius 2 is 2.00 bits per heavy atom. The molecule has 2 unspecified atom stereocenters. The van der Waals surface area contributed by atoms with Crippen molar-refractivity contribution < 1.29 is 9.18 Å². The molecule has 0 saturated heterocycles. The number of amides is 1. The largest absolute Gasteiger partial charge is 0.326 e. The van der Waals surface area contributed by atoms with Crippen LogP contribution in [0.5, 0.6) is 0 Å². The Morgan fingerprint density at radius 1 is 1.24 bits per heavy atom. The summed E-state index contributed by atoms with van der Waals surface area (Å²) in [4.78, 5) is 12.5. The number of rotatable bonds is 6. The van der Waals surface area contributed by atoms with Gasteiger partial charge in [0.1, 0.15) is 5.82 Å². The third-order valence-electron chi connectivity index (χ3n) is 4.34. The molecule has 2 N–H and O–H groups in total. The highest BCUT2D eigenvalue weighted by molar-refractivity contribution is 6.31. The maximum atomic E-state index is 14.0. The highest BCUT2D eigenvalue weighted by Crippen LogP contribution is 2.51. The minimum Gasteiger partial charge on any atom is -0.326 e. The summed E-state index contributed by atoms with van der Waals surface area (Å²) in [5, 5.41) is 6.62. The molecule has 0 spiro atoms. The molecule has 1 fully saturated rings. The number of carbonyl (C=O) groups excluding carboxylic acids is 1. The molecule has 0 aromatic heterocycles. The predicted octanol–water partition coefficient (Wildman–Crippen LogP) is 4.75. The Kier molecular flexibility index (Phi) is 6.82. The monoisotopic (exact) mass is 382 g/mol. The quantitative estimate of drug-likeness (QED) is 0.756. The number of anilines is 1. The van der Waals surface area contributed by atoms with Crippen LogP contribution in [-0.2, 0) is 11.3 Å². The number of nitrogens with one attached hydrogen (secondary N) is 2. The van der Waals surface area contributed by atoms with Crippen LogP contribution in [0.2, 0.25) is 5.02 Å². The molecular weight excluding hydrogens is 362 g/mol. The molecule has 134 valence electrons. The lowest BCUT2D eigenvalue weighted by molar-refractivity contribution is -0.117. The van der Waals surface area contributed by atoms with Crippen LogP contribution in [0.4, 0.5) is 10.1 Å². The Morgan fingerprint density at radius 3 is 2.72 bits per heavy atom. The van der Waals surface area contributed by atoms with Crippen LogP contribution in [0.15, 0.2) is 42.5 Å². The molecule has 2 aromatic carbocycles. The molecule has 2 atom stereocenters. The van der Waals surface area contributed by atoms with Crippen LogP contribution in [0.3, 0.4) is 0 Å². The minimum atomic E-state index is -0.338. The van der Waals surface area contributed by atoms with E-state index < -0.39 is 0 Å². The van der Waals surface area contributed by atoms with E-state index >= 15 is 0 Å². The van der Waals surface area contributed by atoms with Gasteiger partial charge in [0.15, 0.2) is 0 Å². The van der Waals surface area contributed by atoms with Gasteiger partial charge in [0.25, 0.3) is 0 Å². The van der Waals surface area contributed by atoms with Gasteiger partial charge < -0.3 is 10.6 Å². The van der Waals surface area contributed by atoms with Gasteiger partial charge in [-0.3, -0.25) is 4.79 Å². The lowest BCUT2D eigenvalue weighted by atomic mass is 10.1. The molecular formula is C19H21Cl2FN2O. The first-order valence-corrected chi connectivity index (χ1v) is 8.53. The van der Waals surface area contributed by atoms with Crippen molar-refractivity contribution in [1.82, 2.24) is 5.32 Å². The van der Waals surface area contributed by atoms with Crippen LogP contribution in [0, 0.1) is 11.7 Å². The molecule has 0 bridgehead atoms. The lowest BCUT2D eigenvalue weighted by Gasteiger charge is -2.11. The molecule has 0 aliphatic heterocycles. The zero-order chi connectivity index (χ0) is 17.1. The topological polar surface area (TPSA) is 41.1 Å². The van der Waals surface area contributed by atoms with E-state index in [4.69, 9.17) is 11.6 Å². The lowest BCUT2D eigenvalue weighted by Crippen LogP contribution is -2.18. The molecule has 0 radical (unpaired) electrons. The van der Waals surface area contributed by atoms with E-state index in [0.29, 0.717) is 23.6 Å². The van der Waals surface area contributed by atoms with E-state index in [-0.39, 0.29) is 36.0 Å². The predicted molar refractivity (Wildman–Crippen MR) is 102 cm³/mol. The number of halogens is 3. The van der Waals surface area contributed by atoms with Crippen molar-refractivity contribution in [3.63, 3.8) is 0 Å². The summed E-state index contributed by atoms with van der Waals surface area (Å²) in [5.41, 5.74) is 2.29. The van der Waals surface area contributed by atoms with Crippen molar-refractivity contribution in [3.05, 3.63) is 64.4 Å². The summed E-state index contributed by atoms with van der Waals surface area (Å²) in [7, 11) is 0. The van der Waals surface area contributed by atoms with Crippen LogP contribution in [-0.4, -0.2) is 12.5 Å². The molecule has 1 aliphatic rings. The fourth-order valence-corrected chi connectivity index (χ4v) is 3.25. The van der Waals surface area contributed by atoms with Crippen molar-refractivity contribution >= 4 is 35.6 Å². The van der Waals surface area contributed by atoms with Crippen LogP contribution >= 0.6 is 24.0 Å². The van der Waals surface area contributed by atoms with E-state index in [1.807, 2.05) is 31.2 Å². The van der Waals surface area contributed by atoms with Crippen LogP contribution in [0.25, 0.3) is 0 Å². The van der Waals surface area contributed by atoms with Gasteiger partial charge in [-0.25, -0.2) is 4.39 Å². The van der Waals surface area contributed by atoms with Crippen molar-refractivity contribution in [2.45, 2.75) is 25.8 Å². The second-order valence-corrected chi connectivity index (χ2v) is 6.42. The number of para-hydroxylation sites is 1. The molecule has 3 nitrogen and oxygen atoms in total. The molecule has 3 rings (SSSR count). The summed E-state index contributed by atoms with van der Waals surface area (Å²) in [5.74, 6) is -0.787. The summed E-state index contributed by atoms with van der Waals surface area (Å²) in [6.07, 6.45) is 0.627. The van der Waals surface area contributed by atoms with Gasteiger partial charge in [0.2, 0.25) is 5.91 Å². The van der Waals surface area contributed by atoms with Gasteiger partial charge in [-0.05, 0) is 36.7 Å². The fraction of sp³-hybridized carbons (Fsp3) is 0.316. The maximum absolute atomic E-state index is 14.0. The smallest absolute Gasteiger partial charge is 0.228 e. The summed E-state index contributed by atoms with van der Waals surface area (Å²) < 4.78 is 14.0. The molecule has 0 heterocycles. The van der Waals surface area contributed by atoms with Gasteiger partial charge in [-0.15, -0.1) is 12.4 Å². The van der Waals surface area contributed by atoms with Gasteiger partial charge in [-0.2, -0.15) is 0 Å². The highest BCUT2D eigenvalue weighted by atomic mass is 35.5. The number of carbonyl (C=O) groups is 1. The Bertz CT molecular complexity index is 734. The SMILES string of the molecule is CCNCc1ccccc1NC(=O)C1CC1c1c(F)cccc1Cl.Cl. The third-order valence-corrected chi connectivity index (χ3v) is 4.67. The maximum Gasteiger partial charge on any atom is 0.228 e. The van der Waals surface area contributed by atoms with Crippen molar-refractivity contribution in [2.24, 2.45) is 5.92 Å². The average Bonchev–Trinajstić information content (AvgIpc) is 3.34. The van der Waals surface area contributed by atoms with Crippen molar-refractivity contribution in [3.8, 4) is 0 Å². The molecule has 6 heteroatoms. The molecule has 1 amide bonds. The van der Waals surface area contributed by atoms with Crippen LogP contribution in [0.1, 0.15) is 30.4 Å². The normalized spacial score (nSPS) is 18.4. The second-order valence-electron chi connectivity index (χ2n) is 6.01. The molecule has 2 aromatic rings. The first-order chi connectivity index (χ1) is 11.6. The zero-order valence-corrected chi connectivity index (χ0v) is 15.5. The second kappa shape index (κ2) is 8.65. The third kappa shape index (κ3) is 4.51. The summed E-state index contributed by atoms with van der Waals surface area (Å²) >= 11 is 6.10. The van der Waals surface area contributed by atoms with E-state index in [2.05, 4.69) is 10.6 Å². The average molecular weight is 383 g/mol. The van der Waals surface area contributed by atoms with E-state index in [9.17, 15) is 9.18 Å². The Balaban J connectivity index is 0.00000225. The van der Waals surface area contributed by atoms with Gasteiger partial charge >= 0.3 is 0 Å². The Hall–Kier alpha value is -1.62. The number of hydrogen-bond donors (Lipinski definition) is 2. The van der Waals surface area contributed by atoms with Gasteiger partial charge in [0, 0.05) is 34.7 Å². The van der Waals surface area contributed by atoms with E-state index in [1.54, 1.807) is 12.1 Å². The van der Waals surface area contributed by atoms with E-state index in [1.165, 1.54) is 6.07 Å². The summed E-state index contributed by atoms with van der Waals surface area (Å²) in [6, 6.07) is 12.3. The van der Waals surface area contributed by atoms with Crippen molar-refractivity contribution in [2.75, 3.05) is 11.9 Å². The number of benzene rings is 2. The first-order valence-electron chi connectivity index (χ1n) is 8.15. The molecule has 1 saturated carbocycles. The standard InChI is InChI=1S/C19H20ClFN2O.ClH/c1-2-22-11-12-6-3-4-9-17(12)23-19(24)14-10-13(14)18-15(20)7-5-8-16(18)21;/h3-9,13-14,22H,2,10-11H2,1H3,(H,23,24);1H. The first kappa shape index (κ1) is 19.7. The van der Waals surface area contributed by atoms with E-state index in [0.717, 1.165) is 17.8 Å². The molecule has 1 aliphatic carbocycles. The van der Waals surface area contributed by atoms with Crippen molar-refractivity contribution in [1.29, 1.82) is 0 Å². The van der Waals surface area contributed by atoms with Gasteiger partial charge in [-0.1, -0.05) is 42.8 Å².